The molecule has 1 saturated carbocycles. The lowest BCUT2D eigenvalue weighted by Crippen LogP contribution is -2.32. The summed E-state index contributed by atoms with van der Waals surface area (Å²) in [5, 5.41) is 12.4. The molecule has 5 atom stereocenters. The van der Waals surface area contributed by atoms with Crippen LogP contribution in [-0.4, -0.2) is 63.5 Å². The molecule has 37 heavy (non-hydrogen) atoms. The van der Waals surface area contributed by atoms with E-state index in [9.17, 15) is 19.1 Å². The Labute approximate surface area is 216 Å². The SMILES string of the molecule is C1CCCCC1.CNc1nc(N)nc2c1ncn2[C@@H]1OCC(C[C@@H](CF)[C@H](COC(C)=O)C(=O)O)C1C. The number of ether oxygens (including phenoxy) is 2. The number of carboxylic acid groups (broad SMARTS) is 1. The number of fused-ring (bicyclic) bond motifs is 1. The van der Waals surface area contributed by atoms with Crippen LogP contribution in [0.1, 0.15) is 65.0 Å². The summed E-state index contributed by atoms with van der Waals surface area (Å²) < 4.78 is 26.4. The number of rotatable bonds is 9. The fourth-order valence-corrected chi connectivity index (χ4v) is 5.07. The summed E-state index contributed by atoms with van der Waals surface area (Å²) in [5.41, 5.74) is 6.86. The van der Waals surface area contributed by atoms with Gasteiger partial charge in [-0.15, -0.1) is 0 Å². The second kappa shape index (κ2) is 13.5. The van der Waals surface area contributed by atoms with E-state index in [-0.39, 0.29) is 30.8 Å². The molecule has 2 unspecified atom stereocenters. The Kier molecular flexibility index (Phi) is 10.4. The molecule has 3 heterocycles. The number of esters is 1. The maximum atomic E-state index is 13.8. The van der Waals surface area contributed by atoms with Gasteiger partial charge in [-0.25, -0.2) is 4.98 Å². The number of hydrogen-bond acceptors (Lipinski definition) is 9. The van der Waals surface area contributed by atoms with E-state index in [0.717, 1.165) is 0 Å². The van der Waals surface area contributed by atoms with E-state index in [1.54, 1.807) is 17.9 Å². The first-order chi connectivity index (χ1) is 17.8. The zero-order valence-corrected chi connectivity index (χ0v) is 21.9. The fraction of sp³-hybridized carbons (Fsp3) is 0.720. The number of imidazole rings is 1. The van der Waals surface area contributed by atoms with Crippen LogP contribution in [0.2, 0.25) is 0 Å². The van der Waals surface area contributed by atoms with Gasteiger partial charge >= 0.3 is 11.9 Å². The third-order valence-electron chi connectivity index (χ3n) is 7.28. The molecule has 0 aromatic carbocycles. The van der Waals surface area contributed by atoms with Crippen molar-refractivity contribution >= 4 is 34.9 Å². The van der Waals surface area contributed by atoms with Crippen LogP contribution < -0.4 is 11.1 Å². The molecular formula is C25H39FN6O5. The Morgan fingerprint density at radius 2 is 1.92 bits per heavy atom. The van der Waals surface area contributed by atoms with Gasteiger partial charge in [-0.2, -0.15) is 9.97 Å². The van der Waals surface area contributed by atoms with Gasteiger partial charge in [-0.05, 0) is 12.3 Å². The van der Waals surface area contributed by atoms with Gasteiger partial charge in [0.1, 0.15) is 12.8 Å². The Hall–Kier alpha value is -3.02. The number of hydrogen-bond donors (Lipinski definition) is 3. The zero-order valence-electron chi connectivity index (χ0n) is 21.9. The van der Waals surface area contributed by atoms with Crippen LogP contribution in [0.25, 0.3) is 11.2 Å². The highest BCUT2D eigenvalue weighted by Gasteiger charge is 2.40. The largest absolute Gasteiger partial charge is 0.481 e. The molecule has 0 amide bonds. The molecule has 1 saturated heterocycles. The van der Waals surface area contributed by atoms with Gasteiger partial charge < -0.3 is 25.6 Å². The van der Waals surface area contributed by atoms with Gasteiger partial charge in [0.05, 0.1) is 25.5 Å². The Morgan fingerprint density at radius 3 is 2.46 bits per heavy atom. The maximum Gasteiger partial charge on any atom is 0.310 e. The predicted molar refractivity (Wildman–Crippen MR) is 136 cm³/mol. The summed E-state index contributed by atoms with van der Waals surface area (Å²) in [5.74, 6) is -3.33. The first kappa shape index (κ1) is 28.5. The normalized spacial score (nSPS) is 23.1. The molecule has 1 aliphatic carbocycles. The lowest BCUT2D eigenvalue weighted by Gasteiger charge is -2.26. The number of aromatic nitrogens is 4. The molecule has 206 valence electrons. The highest BCUT2D eigenvalue weighted by atomic mass is 19.1. The molecule has 2 aromatic heterocycles. The van der Waals surface area contributed by atoms with E-state index in [4.69, 9.17) is 15.2 Å². The van der Waals surface area contributed by atoms with E-state index >= 15 is 0 Å². The molecule has 11 nitrogen and oxygen atoms in total. The highest BCUT2D eigenvalue weighted by molar-refractivity contribution is 5.84. The van der Waals surface area contributed by atoms with Crippen molar-refractivity contribution in [2.24, 2.45) is 23.7 Å². The van der Waals surface area contributed by atoms with Crippen molar-refractivity contribution in [3.63, 3.8) is 0 Å². The van der Waals surface area contributed by atoms with Crippen LogP contribution in [0.15, 0.2) is 6.33 Å². The number of nitrogens with two attached hydrogens (primary N) is 1. The van der Waals surface area contributed by atoms with Crippen molar-refractivity contribution in [2.45, 2.75) is 65.0 Å². The monoisotopic (exact) mass is 522 g/mol. The molecule has 4 N–H and O–H groups in total. The topological polar surface area (TPSA) is 154 Å². The second-order valence-corrected chi connectivity index (χ2v) is 9.87. The molecule has 2 aromatic rings. The number of carboxylic acids is 1. The number of halogens is 1. The number of carbonyl (C=O) groups excluding carboxylic acids is 1. The van der Waals surface area contributed by atoms with E-state index < -0.39 is 36.7 Å². The first-order valence-electron chi connectivity index (χ1n) is 13.0. The molecule has 2 fully saturated rings. The van der Waals surface area contributed by atoms with Crippen LogP contribution >= 0.6 is 0 Å². The minimum Gasteiger partial charge on any atom is -0.481 e. The summed E-state index contributed by atoms with van der Waals surface area (Å²) in [7, 11) is 1.71. The Balaban J connectivity index is 0.000000555. The summed E-state index contributed by atoms with van der Waals surface area (Å²) in [4.78, 5) is 35.4. The van der Waals surface area contributed by atoms with Crippen LogP contribution in [0, 0.1) is 23.7 Å². The van der Waals surface area contributed by atoms with E-state index in [0.29, 0.717) is 23.6 Å². The maximum absolute atomic E-state index is 13.8. The van der Waals surface area contributed by atoms with Crippen molar-refractivity contribution < 1.29 is 28.6 Å². The molecule has 0 radical (unpaired) electrons. The van der Waals surface area contributed by atoms with Gasteiger partial charge in [0.2, 0.25) is 5.95 Å². The van der Waals surface area contributed by atoms with Gasteiger partial charge in [-0.1, -0.05) is 45.4 Å². The summed E-state index contributed by atoms with van der Waals surface area (Å²) in [6, 6.07) is 0. The number of aliphatic carboxylic acids is 1. The molecule has 1 aliphatic heterocycles. The molecule has 2 aliphatic rings. The number of alkyl halides is 1. The third kappa shape index (κ3) is 7.27. The quantitative estimate of drug-likeness (QED) is 0.414. The number of nitrogen functional groups attached to an aromatic ring is 1. The Bertz CT molecular complexity index is 1030. The molecule has 0 bridgehead atoms. The number of carbonyl (C=O) groups is 2. The predicted octanol–water partition coefficient (Wildman–Crippen LogP) is 3.81. The fourth-order valence-electron chi connectivity index (χ4n) is 5.07. The van der Waals surface area contributed by atoms with Crippen molar-refractivity contribution in [3.05, 3.63) is 6.33 Å². The molecule has 0 spiro atoms. The van der Waals surface area contributed by atoms with E-state index in [1.807, 2.05) is 6.92 Å². The van der Waals surface area contributed by atoms with Crippen LogP contribution in [-0.2, 0) is 19.1 Å². The van der Waals surface area contributed by atoms with E-state index in [2.05, 4.69) is 20.3 Å². The summed E-state index contributed by atoms with van der Waals surface area (Å²) in [6.45, 7) is 2.26. The zero-order chi connectivity index (χ0) is 26.9. The summed E-state index contributed by atoms with van der Waals surface area (Å²) >= 11 is 0. The third-order valence-corrected chi connectivity index (χ3v) is 7.28. The second-order valence-electron chi connectivity index (χ2n) is 9.87. The van der Waals surface area contributed by atoms with Crippen molar-refractivity contribution in [1.29, 1.82) is 0 Å². The standard InChI is InChI=1S/C19H27FN6O5.C6H12/c1-9-12(4-11(5-20)13(18(28)29)7-30-10(2)27)6-31-17(9)26-8-23-14-15(22-3)24-19(21)25-16(14)26;1-2-4-6-5-3-1/h8-9,11-13,17H,4-7H2,1-3H3,(H,28,29)(H3,21,22,24,25);1-6H2/t9?,11-,12?,13-,17+;/m0./s1. The number of anilines is 2. The van der Waals surface area contributed by atoms with E-state index in [1.165, 1.54) is 45.4 Å². The smallest absolute Gasteiger partial charge is 0.310 e. The minimum absolute atomic E-state index is 0.0798. The van der Waals surface area contributed by atoms with Gasteiger partial charge in [-0.3, -0.25) is 18.5 Å². The molecular weight excluding hydrogens is 483 g/mol. The average molecular weight is 523 g/mol. The van der Waals surface area contributed by atoms with Crippen molar-refractivity contribution in [2.75, 3.05) is 38.0 Å². The highest BCUT2D eigenvalue weighted by Crippen LogP contribution is 2.40. The van der Waals surface area contributed by atoms with Gasteiger partial charge in [0.15, 0.2) is 17.0 Å². The van der Waals surface area contributed by atoms with Crippen LogP contribution in [0.5, 0.6) is 0 Å². The summed E-state index contributed by atoms with van der Waals surface area (Å²) in [6.07, 6.45) is 10.4. The first-order valence-corrected chi connectivity index (χ1v) is 13.0. The molecule has 12 heteroatoms. The average Bonchev–Trinajstić information content (AvgIpc) is 3.46. The lowest BCUT2D eigenvalue weighted by atomic mass is 9.81. The molecule has 4 rings (SSSR count). The lowest BCUT2D eigenvalue weighted by molar-refractivity contribution is -0.152. The van der Waals surface area contributed by atoms with Gasteiger partial charge in [0.25, 0.3) is 0 Å². The van der Waals surface area contributed by atoms with Crippen molar-refractivity contribution in [1.82, 2.24) is 19.5 Å². The Morgan fingerprint density at radius 1 is 1.27 bits per heavy atom. The van der Waals surface area contributed by atoms with Crippen LogP contribution in [0.4, 0.5) is 16.2 Å². The van der Waals surface area contributed by atoms with Crippen molar-refractivity contribution in [3.8, 4) is 0 Å². The van der Waals surface area contributed by atoms with Gasteiger partial charge in [0, 0.05) is 25.8 Å². The number of nitrogens with one attached hydrogen (secondary N) is 1. The minimum atomic E-state index is -1.20. The number of nitrogens with zero attached hydrogens (tertiary/aromatic N) is 4. The van der Waals surface area contributed by atoms with Crippen LogP contribution in [0.3, 0.4) is 0 Å².